The zero-order chi connectivity index (χ0) is 14.1. The summed E-state index contributed by atoms with van der Waals surface area (Å²) in [6, 6.07) is 9.34. The van der Waals surface area contributed by atoms with Crippen molar-refractivity contribution < 1.29 is 9.18 Å². The summed E-state index contributed by atoms with van der Waals surface area (Å²) < 4.78 is 13.9. The predicted molar refractivity (Wildman–Crippen MR) is 79.0 cm³/mol. The molecule has 6 heteroatoms. The zero-order valence-corrected chi connectivity index (χ0v) is 11.6. The Labute approximate surface area is 123 Å². The Hall–Kier alpha value is -1.98. The van der Waals surface area contributed by atoms with Gasteiger partial charge in [0.2, 0.25) is 0 Å². The lowest BCUT2D eigenvalue weighted by molar-refractivity contribution is 0.103. The number of hydrogen-bond donors (Lipinski definition) is 1. The van der Waals surface area contributed by atoms with Gasteiger partial charge >= 0.3 is 0 Å². The predicted octanol–water partition coefficient (Wildman–Crippen LogP) is 4.34. The van der Waals surface area contributed by atoms with E-state index in [-0.39, 0.29) is 11.7 Å². The third-order valence-corrected chi connectivity index (χ3v) is 4.00. The monoisotopic (exact) mass is 306 g/mol. The average molecular weight is 307 g/mol. The summed E-state index contributed by atoms with van der Waals surface area (Å²) in [6.07, 6.45) is 1.51. The molecule has 0 aliphatic heterocycles. The molecule has 0 aliphatic rings. The second-order valence-electron chi connectivity index (χ2n) is 4.11. The second kappa shape index (κ2) is 5.19. The van der Waals surface area contributed by atoms with Gasteiger partial charge in [-0.2, -0.15) is 0 Å². The SMILES string of the molecule is O=C(Nc1cc(Cl)ccn1)c1cc2ccc(F)cc2s1. The van der Waals surface area contributed by atoms with Gasteiger partial charge in [0.05, 0.1) is 4.88 Å². The first-order valence-corrected chi connectivity index (χ1v) is 6.93. The maximum Gasteiger partial charge on any atom is 0.266 e. The minimum Gasteiger partial charge on any atom is -0.306 e. The van der Waals surface area contributed by atoms with Crippen LogP contribution in [0.2, 0.25) is 5.02 Å². The average Bonchev–Trinajstić information content (AvgIpc) is 2.81. The van der Waals surface area contributed by atoms with Crippen molar-refractivity contribution >= 4 is 44.7 Å². The number of nitrogens with one attached hydrogen (secondary N) is 1. The smallest absolute Gasteiger partial charge is 0.266 e. The highest BCUT2D eigenvalue weighted by Gasteiger charge is 2.11. The molecule has 1 amide bonds. The molecule has 2 heterocycles. The number of nitrogens with zero attached hydrogens (tertiary/aromatic N) is 1. The lowest BCUT2D eigenvalue weighted by Crippen LogP contribution is -2.11. The van der Waals surface area contributed by atoms with Crippen LogP contribution in [0.1, 0.15) is 9.67 Å². The quantitative estimate of drug-likeness (QED) is 0.765. The largest absolute Gasteiger partial charge is 0.306 e. The summed E-state index contributed by atoms with van der Waals surface area (Å²) >= 11 is 7.06. The van der Waals surface area contributed by atoms with Gasteiger partial charge in [-0.15, -0.1) is 11.3 Å². The molecule has 20 heavy (non-hydrogen) atoms. The highest BCUT2D eigenvalue weighted by molar-refractivity contribution is 7.20. The van der Waals surface area contributed by atoms with Crippen LogP contribution in [-0.2, 0) is 0 Å². The van der Waals surface area contributed by atoms with Crippen molar-refractivity contribution in [3.05, 3.63) is 58.3 Å². The molecule has 0 saturated carbocycles. The van der Waals surface area contributed by atoms with E-state index in [0.717, 1.165) is 10.1 Å². The Kier molecular flexibility index (Phi) is 3.38. The Morgan fingerprint density at radius 3 is 2.90 bits per heavy atom. The summed E-state index contributed by atoms with van der Waals surface area (Å²) in [6.45, 7) is 0. The molecule has 1 aromatic carbocycles. The van der Waals surface area contributed by atoms with E-state index in [4.69, 9.17) is 11.6 Å². The summed E-state index contributed by atoms with van der Waals surface area (Å²) in [4.78, 5) is 16.6. The molecule has 0 fully saturated rings. The topological polar surface area (TPSA) is 42.0 Å². The van der Waals surface area contributed by atoms with E-state index in [1.807, 2.05) is 0 Å². The third-order valence-electron chi connectivity index (χ3n) is 2.67. The molecule has 0 saturated heterocycles. The van der Waals surface area contributed by atoms with Crippen molar-refractivity contribution in [2.24, 2.45) is 0 Å². The van der Waals surface area contributed by atoms with Crippen molar-refractivity contribution in [3.8, 4) is 0 Å². The molecule has 100 valence electrons. The van der Waals surface area contributed by atoms with Crippen LogP contribution in [0.25, 0.3) is 10.1 Å². The van der Waals surface area contributed by atoms with Gasteiger partial charge in [-0.05, 0) is 35.7 Å². The van der Waals surface area contributed by atoms with Gasteiger partial charge < -0.3 is 5.32 Å². The molecule has 0 unspecified atom stereocenters. The van der Waals surface area contributed by atoms with Crippen LogP contribution < -0.4 is 5.32 Å². The number of carbonyl (C=O) groups is 1. The van der Waals surface area contributed by atoms with Crippen LogP contribution in [0, 0.1) is 5.82 Å². The van der Waals surface area contributed by atoms with E-state index in [1.54, 1.807) is 24.3 Å². The number of halogens is 2. The fraction of sp³-hybridized carbons (Fsp3) is 0. The van der Waals surface area contributed by atoms with E-state index < -0.39 is 0 Å². The van der Waals surface area contributed by atoms with Gasteiger partial charge in [0.15, 0.2) is 0 Å². The fourth-order valence-corrected chi connectivity index (χ4v) is 2.91. The summed E-state index contributed by atoms with van der Waals surface area (Å²) in [5.41, 5.74) is 0. The minimum atomic E-state index is -0.317. The minimum absolute atomic E-state index is 0.290. The molecule has 0 bridgehead atoms. The number of benzene rings is 1. The lowest BCUT2D eigenvalue weighted by Gasteiger charge is -2.02. The molecule has 1 N–H and O–H groups in total. The van der Waals surface area contributed by atoms with E-state index in [0.29, 0.717) is 15.7 Å². The molecule has 0 aliphatic carbocycles. The first kappa shape index (κ1) is 13.0. The number of anilines is 1. The number of hydrogen-bond acceptors (Lipinski definition) is 3. The van der Waals surface area contributed by atoms with E-state index >= 15 is 0 Å². The van der Waals surface area contributed by atoms with Crippen LogP contribution in [0.3, 0.4) is 0 Å². The zero-order valence-electron chi connectivity index (χ0n) is 10.1. The second-order valence-corrected chi connectivity index (χ2v) is 5.63. The molecule has 0 atom stereocenters. The summed E-state index contributed by atoms with van der Waals surface area (Å²) in [7, 11) is 0. The van der Waals surface area contributed by atoms with E-state index in [2.05, 4.69) is 10.3 Å². The van der Waals surface area contributed by atoms with Gasteiger partial charge in [-0.25, -0.2) is 9.37 Å². The first-order chi connectivity index (χ1) is 9.61. The molecule has 3 nitrogen and oxygen atoms in total. The summed E-state index contributed by atoms with van der Waals surface area (Å²) in [5.74, 6) is -0.227. The third kappa shape index (κ3) is 2.64. The Morgan fingerprint density at radius 1 is 1.25 bits per heavy atom. The normalized spacial score (nSPS) is 10.7. The van der Waals surface area contributed by atoms with Crippen molar-refractivity contribution in [1.82, 2.24) is 4.98 Å². The Morgan fingerprint density at radius 2 is 2.10 bits per heavy atom. The highest BCUT2D eigenvalue weighted by atomic mass is 35.5. The number of amides is 1. The Balaban J connectivity index is 1.88. The van der Waals surface area contributed by atoms with Gasteiger partial charge in [-0.3, -0.25) is 4.79 Å². The van der Waals surface area contributed by atoms with Gasteiger partial charge in [0.1, 0.15) is 11.6 Å². The summed E-state index contributed by atoms with van der Waals surface area (Å²) in [5, 5.41) is 3.98. The molecule has 2 aromatic heterocycles. The van der Waals surface area contributed by atoms with Gasteiger partial charge in [0, 0.05) is 15.9 Å². The fourth-order valence-electron chi connectivity index (χ4n) is 1.77. The van der Waals surface area contributed by atoms with Crippen LogP contribution in [0.15, 0.2) is 42.6 Å². The van der Waals surface area contributed by atoms with Crippen molar-refractivity contribution in [1.29, 1.82) is 0 Å². The van der Waals surface area contributed by atoms with E-state index in [9.17, 15) is 9.18 Å². The first-order valence-electron chi connectivity index (χ1n) is 5.74. The van der Waals surface area contributed by atoms with Gasteiger partial charge in [-0.1, -0.05) is 17.7 Å². The lowest BCUT2D eigenvalue weighted by atomic mass is 10.2. The number of carbonyl (C=O) groups excluding carboxylic acids is 1. The Bertz CT molecular complexity index is 803. The number of pyridine rings is 1. The van der Waals surface area contributed by atoms with Crippen molar-refractivity contribution in [3.63, 3.8) is 0 Å². The van der Waals surface area contributed by atoms with E-state index in [1.165, 1.54) is 29.7 Å². The van der Waals surface area contributed by atoms with Crippen molar-refractivity contribution in [2.45, 2.75) is 0 Å². The molecule has 3 aromatic rings. The number of aromatic nitrogens is 1. The maximum atomic E-state index is 13.1. The van der Waals surface area contributed by atoms with Gasteiger partial charge in [0.25, 0.3) is 5.91 Å². The number of thiophene rings is 1. The van der Waals surface area contributed by atoms with Crippen molar-refractivity contribution in [2.75, 3.05) is 5.32 Å². The van der Waals surface area contributed by atoms with Crippen LogP contribution in [0.5, 0.6) is 0 Å². The standard InChI is InChI=1S/C14H8ClFN2OS/c15-9-3-4-17-13(6-9)18-14(19)12-5-8-1-2-10(16)7-11(8)20-12/h1-7H,(H,17,18,19). The maximum absolute atomic E-state index is 13.1. The highest BCUT2D eigenvalue weighted by Crippen LogP contribution is 2.27. The number of fused-ring (bicyclic) bond motifs is 1. The molecule has 0 radical (unpaired) electrons. The molecule has 3 rings (SSSR count). The molecular formula is C14H8ClFN2OS. The van der Waals surface area contributed by atoms with Crippen LogP contribution >= 0.6 is 22.9 Å². The molecule has 0 spiro atoms. The molecular weight excluding hydrogens is 299 g/mol. The van der Waals surface area contributed by atoms with Crippen LogP contribution in [0.4, 0.5) is 10.2 Å². The van der Waals surface area contributed by atoms with Crippen LogP contribution in [-0.4, -0.2) is 10.9 Å². The number of rotatable bonds is 2.